The zero-order valence-corrected chi connectivity index (χ0v) is 12.0. The van der Waals surface area contributed by atoms with Gasteiger partial charge in [-0.05, 0) is 47.5 Å². The number of hydrogen-bond donors (Lipinski definition) is 1. The van der Waals surface area contributed by atoms with E-state index in [1.54, 1.807) is 12.1 Å². The van der Waals surface area contributed by atoms with Gasteiger partial charge in [-0.2, -0.15) is 0 Å². The van der Waals surface area contributed by atoms with Crippen molar-refractivity contribution in [3.8, 4) is 5.69 Å². The number of sulfonamides is 1. The van der Waals surface area contributed by atoms with Gasteiger partial charge in [0.15, 0.2) is 0 Å². The predicted molar refractivity (Wildman–Crippen MR) is 73.3 cm³/mol. The molecule has 1 N–H and O–H groups in total. The fourth-order valence-corrected chi connectivity index (χ4v) is 3.22. The van der Waals surface area contributed by atoms with E-state index in [4.69, 9.17) is 4.74 Å². The summed E-state index contributed by atoms with van der Waals surface area (Å²) >= 11 is 0. The molecule has 1 aliphatic rings. The summed E-state index contributed by atoms with van der Waals surface area (Å²) in [4.78, 5) is 0.206. The highest BCUT2D eigenvalue weighted by Crippen LogP contribution is 2.15. The second-order valence-electron chi connectivity index (χ2n) is 4.74. The highest BCUT2D eigenvalue weighted by Gasteiger charge is 2.20. The fourth-order valence-electron chi connectivity index (χ4n) is 2.15. The molecule has 2 heterocycles. The van der Waals surface area contributed by atoms with Gasteiger partial charge in [0.25, 0.3) is 0 Å². The molecule has 0 bridgehead atoms. The molecule has 112 valence electrons. The molecule has 0 amide bonds. The van der Waals surface area contributed by atoms with Crippen molar-refractivity contribution >= 4 is 10.0 Å². The molecule has 21 heavy (non-hydrogen) atoms. The summed E-state index contributed by atoms with van der Waals surface area (Å²) in [6, 6.07) is 6.34. The lowest BCUT2D eigenvalue weighted by atomic mass is 10.2. The lowest BCUT2D eigenvalue weighted by molar-refractivity contribution is 0.114. The van der Waals surface area contributed by atoms with Crippen molar-refractivity contribution in [2.24, 2.45) is 0 Å². The minimum Gasteiger partial charge on any atom is -0.377 e. The summed E-state index contributed by atoms with van der Waals surface area (Å²) in [5.41, 5.74) is 0.693. The first kappa shape index (κ1) is 14.1. The molecule has 3 rings (SSSR count). The van der Waals surface area contributed by atoms with Crippen LogP contribution in [-0.4, -0.2) is 47.9 Å². The molecule has 1 unspecified atom stereocenters. The standard InChI is InChI=1S/C12H15N5O3S/c18-21(19,14-8-11-2-1-7-20-11)12-5-3-10(4-6-12)17-9-13-15-16-17/h3-6,9,11,14H,1-2,7-8H2. The van der Waals surface area contributed by atoms with E-state index in [1.807, 2.05) is 0 Å². The van der Waals surface area contributed by atoms with Crippen LogP contribution in [0.25, 0.3) is 5.69 Å². The third-order valence-electron chi connectivity index (χ3n) is 3.29. The number of benzene rings is 1. The highest BCUT2D eigenvalue weighted by molar-refractivity contribution is 7.89. The predicted octanol–water partition coefficient (Wildman–Crippen LogP) is 0.120. The van der Waals surface area contributed by atoms with Crippen LogP contribution >= 0.6 is 0 Å². The molecule has 1 fully saturated rings. The van der Waals surface area contributed by atoms with Gasteiger partial charge in [0.05, 0.1) is 16.7 Å². The van der Waals surface area contributed by atoms with Gasteiger partial charge in [-0.25, -0.2) is 17.8 Å². The Labute approximate surface area is 122 Å². The van der Waals surface area contributed by atoms with Gasteiger partial charge >= 0.3 is 0 Å². The average Bonchev–Trinajstić information content (AvgIpc) is 3.19. The summed E-state index contributed by atoms with van der Waals surface area (Å²) < 4.78 is 33.8. The molecule has 2 aromatic rings. The second kappa shape index (κ2) is 5.88. The number of nitrogens with one attached hydrogen (secondary N) is 1. The third-order valence-corrected chi connectivity index (χ3v) is 4.73. The van der Waals surface area contributed by atoms with Crippen molar-refractivity contribution in [2.75, 3.05) is 13.2 Å². The summed E-state index contributed by atoms with van der Waals surface area (Å²) in [6.45, 7) is 1.00. The van der Waals surface area contributed by atoms with Crippen LogP contribution in [0.1, 0.15) is 12.8 Å². The lowest BCUT2D eigenvalue weighted by Crippen LogP contribution is -2.31. The molecule has 8 nitrogen and oxygen atoms in total. The molecule has 1 aliphatic heterocycles. The van der Waals surface area contributed by atoms with Crippen molar-refractivity contribution in [2.45, 2.75) is 23.8 Å². The third kappa shape index (κ3) is 3.26. The van der Waals surface area contributed by atoms with E-state index in [0.717, 1.165) is 12.8 Å². The molecule has 0 radical (unpaired) electrons. The van der Waals surface area contributed by atoms with Crippen molar-refractivity contribution in [3.05, 3.63) is 30.6 Å². The molecule has 0 saturated carbocycles. The normalized spacial score (nSPS) is 19.0. The fraction of sp³-hybridized carbons (Fsp3) is 0.417. The maximum Gasteiger partial charge on any atom is 0.240 e. The van der Waals surface area contributed by atoms with Crippen LogP contribution in [0.2, 0.25) is 0 Å². The first-order chi connectivity index (χ1) is 10.1. The van der Waals surface area contributed by atoms with Crippen molar-refractivity contribution in [3.63, 3.8) is 0 Å². The maximum atomic E-state index is 12.2. The molecule has 1 aromatic carbocycles. The maximum absolute atomic E-state index is 12.2. The van der Waals surface area contributed by atoms with Crippen molar-refractivity contribution in [1.82, 2.24) is 24.9 Å². The van der Waals surface area contributed by atoms with Crippen LogP contribution in [0.5, 0.6) is 0 Å². The number of nitrogens with zero attached hydrogens (tertiary/aromatic N) is 4. The zero-order chi connectivity index (χ0) is 14.7. The van der Waals surface area contributed by atoms with Crippen LogP contribution in [0, 0.1) is 0 Å². The first-order valence-electron chi connectivity index (χ1n) is 6.60. The van der Waals surface area contributed by atoms with Crippen LogP contribution in [0.3, 0.4) is 0 Å². The second-order valence-corrected chi connectivity index (χ2v) is 6.50. The van der Waals surface area contributed by atoms with Gasteiger partial charge in [0.2, 0.25) is 10.0 Å². The number of hydrogen-bond acceptors (Lipinski definition) is 6. The molecule has 9 heteroatoms. The van der Waals surface area contributed by atoms with Crippen LogP contribution in [0.15, 0.2) is 35.5 Å². The summed E-state index contributed by atoms with van der Waals surface area (Å²) in [5.74, 6) is 0. The Balaban J connectivity index is 1.70. The Kier molecular flexibility index (Phi) is 3.95. The molecular formula is C12H15N5O3S. The minimum absolute atomic E-state index is 0.0275. The van der Waals surface area contributed by atoms with E-state index in [1.165, 1.54) is 23.1 Å². The number of rotatable bonds is 5. The van der Waals surface area contributed by atoms with Gasteiger partial charge < -0.3 is 4.74 Å². The lowest BCUT2D eigenvalue weighted by Gasteiger charge is -2.11. The smallest absolute Gasteiger partial charge is 0.240 e. The molecule has 1 saturated heterocycles. The Morgan fingerprint density at radius 2 is 2.14 bits per heavy atom. The van der Waals surface area contributed by atoms with Gasteiger partial charge in [-0.1, -0.05) is 0 Å². The monoisotopic (exact) mass is 309 g/mol. The Hall–Kier alpha value is -1.84. The van der Waals surface area contributed by atoms with E-state index >= 15 is 0 Å². The van der Waals surface area contributed by atoms with Gasteiger partial charge in [0.1, 0.15) is 6.33 Å². The van der Waals surface area contributed by atoms with E-state index in [-0.39, 0.29) is 11.0 Å². The van der Waals surface area contributed by atoms with E-state index in [2.05, 4.69) is 20.2 Å². The van der Waals surface area contributed by atoms with E-state index in [9.17, 15) is 8.42 Å². The van der Waals surface area contributed by atoms with E-state index < -0.39 is 10.0 Å². The summed E-state index contributed by atoms with van der Waals surface area (Å²) in [5, 5.41) is 10.8. The largest absolute Gasteiger partial charge is 0.377 e. The van der Waals surface area contributed by atoms with Crippen LogP contribution in [-0.2, 0) is 14.8 Å². The molecule has 1 atom stereocenters. The number of ether oxygens (including phenoxy) is 1. The Morgan fingerprint density at radius 3 is 2.76 bits per heavy atom. The van der Waals surface area contributed by atoms with E-state index in [0.29, 0.717) is 18.8 Å². The minimum atomic E-state index is -3.52. The van der Waals surface area contributed by atoms with Crippen LogP contribution in [0.4, 0.5) is 0 Å². The average molecular weight is 309 g/mol. The first-order valence-corrected chi connectivity index (χ1v) is 8.08. The topological polar surface area (TPSA) is 99.0 Å². The van der Waals surface area contributed by atoms with Crippen LogP contribution < -0.4 is 4.72 Å². The SMILES string of the molecule is O=S(=O)(NCC1CCCO1)c1ccc(-n2cnnn2)cc1. The highest BCUT2D eigenvalue weighted by atomic mass is 32.2. The van der Waals surface area contributed by atoms with Gasteiger partial charge in [-0.15, -0.1) is 5.10 Å². The molecule has 1 aromatic heterocycles. The Morgan fingerprint density at radius 1 is 1.33 bits per heavy atom. The Bertz CT molecular complexity index is 678. The zero-order valence-electron chi connectivity index (χ0n) is 11.2. The number of aromatic nitrogens is 4. The van der Waals surface area contributed by atoms with Gasteiger partial charge in [-0.3, -0.25) is 0 Å². The van der Waals surface area contributed by atoms with Gasteiger partial charge in [0, 0.05) is 13.2 Å². The summed E-state index contributed by atoms with van der Waals surface area (Å²) in [6.07, 6.45) is 3.28. The summed E-state index contributed by atoms with van der Waals surface area (Å²) in [7, 11) is -3.52. The quantitative estimate of drug-likeness (QED) is 0.842. The molecular weight excluding hydrogens is 294 g/mol. The number of tetrazole rings is 1. The molecule has 0 aliphatic carbocycles. The van der Waals surface area contributed by atoms with Crippen molar-refractivity contribution in [1.29, 1.82) is 0 Å². The van der Waals surface area contributed by atoms with Crippen molar-refractivity contribution < 1.29 is 13.2 Å². The molecule has 0 spiro atoms.